The molecular formula is C11H17N3O4. The maximum Gasteiger partial charge on any atom is 0.412 e. The predicted octanol–water partition coefficient (Wildman–Crippen LogP) is 1.70. The molecule has 100 valence electrons. The normalized spacial score (nSPS) is 11.1. The number of aryl methyl sites for hydroxylation is 1. The van der Waals surface area contributed by atoms with Gasteiger partial charge in [-0.2, -0.15) is 5.10 Å². The average Bonchev–Trinajstić information content (AvgIpc) is 2.59. The van der Waals surface area contributed by atoms with Crippen LogP contribution in [-0.4, -0.2) is 32.6 Å². The van der Waals surface area contributed by atoms with E-state index in [1.165, 1.54) is 10.9 Å². The SMILES string of the molecule is CC(C)(C)OC(=O)Nc1cnn(CCC(=O)O)c1. The van der Waals surface area contributed by atoms with Gasteiger partial charge in [0.1, 0.15) is 5.60 Å². The van der Waals surface area contributed by atoms with E-state index in [0.717, 1.165) is 0 Å². The van der Waals surface area contributed by atoms with Gasteiger partial charge in [0.25, 0.3) is 0 Å². The van der Waals surface area contributed by atoms with Gasteiger partial charge in [-0.3, -0.25) is 14.8 Å². The molecule has 0 spiro atoms. The second-order valence-electron chi connectivity index (χ2n) is 4.76. The van der Waals surface area contributed by atoms with E-state index in [0.29, 0.717) is 5.69 Å². The van der Waals surface area contributed by atoms with Gasteiger partial charge < -0.3 is 9.84 Å². The van der Waals surface area contributed by atoms with E-state index in [4.69, 9.17) is 9.84 Å². The standard InChI is InChI=1S/C11H17N3O4/c1-11(2,3)18-10(17)13-8-6-12-14(7-8)5-4-9(15)16/h6-7H,4-5H2,1-3H3,(H,13,17)(H,15,16). The number of hydrogen-bond donors (Lipinski definition) is 2. The Hall–Kier alpha value is -2.05. The fourth-order valence-electron chi connectivity index (χ4n) is 1.18. The molecule has 0 aliphatic heterocycles. The Morgan fingerprint density at radius 3 is 2.72 bits per heavy atom. The molecule has 1 amide bonds. The summed E-state index contributed by atoms with van der Waals surface area (Å²) in [7, 11) is 0. The Kier molecular flexibility index (Phi) is 4.30. The van der Waals surface area contributed by atoms with Crippen molar-refractivity contribution in [3.8, 4) is 0 Å². The van der Waals surface area contributed by atoms with E-state index in [9.17, 15) is 9.59 Å². The number of nitrogens with zero attached hydrogens (tertiary/aromatic N) is 2. The van der Waals surface area contributed by atoms with E-state index in [2.05, 4.69) is 10.4 Å². The number of nitrogens with one attached hydrogen (secondary N) is 1. The Balaban J connectivity index is 2.48. The average molecular weight is 255 g/mol. The van der Waals surface area contributed by atoms with Crippen molar-refractivity contribution < 1.29 is 19.4 Å². The lowest BCUT2D eigenvalue weighted by Gasteiger charge is -2.19. The number of carbonyl (C=O) groups excluding carboxylic acids is 1. The predicted molar refractivity (Wildman–Crippen MR) is 64.3 cm³/mol. The molecule has 7 nitrogen and oxygen atoms in total. The molecule has 0 atom stereocenters. The molecular weight excluding hydrogens is 238 g/mol. The van der Waals surface area contributed by atoms with E-state index in [-0.39, 0.29) is 13.0 Å². The van der Waals surface area contributed by atoms with E-state index < -0.39 is 17.7 Å². The van der Waals surface area contributed by atoms with Crippen molar-refractivity contribution >= 4 is 17.7 Å². The third-order valence-electron chi connectivity index (χ3n) is 1.83. The van der Waals surface area contributed by atoms with E-state index in [1.54, 1.807) is 27.0 Å². The van der Waals surface area contributed by atoms with Gasteiger partial charge in [-0.25, -0.2) is 4.79 Å². The second-order valence-corrected chi connectivity index (χ2v) is 4.76. The fraction of sp³-hybridized carbons (Fsp3) is 0.545. The molecule has 1 heterocycles. The van der Waals surface area contributed by atoms with E-state index in [1.807, 2.05) is 0 Å². The lowest BCUT2D eigenvalue weighted by atomic mass is 10.2. The third kappa shape index (κ3) is 5.33. The summed E-state index contributed by atoms with van der Waals surface area (Å²) in [6.45, 7) is 5.56. The first-order chi connectivity index (χ1) is 8.26. The molecule has 2 N–H and O–H groups in total. The van der Waals surface area contributed by atoms with Gasteiger partial charge in [0.15, 0.2) is 0 Å². The van der Waals surface area contributed by atoms with Crippen LogP contribution in [0.25, 0.3) is 0 Å². The summed E-state index contributed by atoms with van der Waals surface area (Å²) in [4.78, 5) is 21.8. The minimum atomic E-state index is -0.896. The minimum Gasteiger partial charge on any atom is -0.481 e. The number of hydrogen-bond acceptors (Lipinski definition) is 4. The van der Waals surface area contributed by atoms with Crippen LogP contribution in [0.2, 0.25) is 0 Å². The smallest absolute Gasteiger partial charge is 0.412 e. The molecule has 0 aliphatic carbocycles. The molecule has 0 aliphatic rings. The van der Waals surface area contributed by atoms with Crippen molar-refractivity contribution in [1.29, 1.82) is 0 Å². The van der Waals surface area contributed by atoms with Gasteiger partial charge in [0, 0.05) is 6.20 Å². The number of aliphatic carboxylic acids is 1. The van der Waals surface area contributed by atoms with Crippen LogP contribution in [0.1, 0.15) is 27.2 Å². The Bertz CT molecular complexity index is 434. The van der Waals surface area contributed by atoms with Crippen molar-refractivity contribution in [2.45, 2.75) is 39.3 Å². The van der Waals surface area contributed by atoms with Gasteiger partial charge in [0.05, 0.1) is 24.8 Å². The highest BCUT2D eigenvalue weighted by Crippen LogP contribution is 2.11. The lowest BCUT2D eigenvalue weighted by molar-refractivity contribution is -0.137. The monoisotopic (exact) mass is 255 g/mol. The highest BCUT2D eigenvalue weighted by Gasteiger charge is 2.16. The quantitative estimate of drug-likeness (QED) is 0.854. The number of carbonyl (C=O) groups is 2. The lowest BCUT2D eigenvalue weighted by Crippen LogP contribution is -2.27. The number of carboxylic acid groups (broad SMARTS) is 1. The largest absolute Gasteiger partial charge is 0.481 e. The number of aromatic nitrogens is 2. The Morgan fingerprint density at radius 2 is 2.17 bits per heavy atom. The van der Waals surface area contributed by atoms with Gasteiger partial charge in [0.2, 0.25) is 0 Å². The van der Waals surface area contributed by atoms with Crippen LogP contribution in [0.4, 0.5) is 10.5 Å². The zero-order valence-corrected chi connectivity index (χ0v) is 10.6. The van der Waals surface area contributed by atoms with Gasteiger partial charge in [-0.15, -0.1) is 0 Å². The third-order valence-corrected chi connectivity index (χ3v) is 1.83. The first-order valence-electron chi connectivity index (χ1n) is 5.50. The van der Waals surface area contributed by atoms with Crippen LogP contribution in [-0.2, 0) is 16.1 Å². The van der Waals surface area contributed by atoms with Crippen LogP contribution in [0.5, 0.6) is 0 Å². The molecule has 1 aromatic rings. The first kappa shape index (κ1) is 14.0. The Morgan fingerprint density at radius 1 is 1.50 bits per heavy atom. The fourth-order valence-corrected chi connectivity index (χ4v) is 1.18. The van der Waals surface area contributed by atoms with Gasteiger partial charge in [-0.1, -0.05) is 0 Å². The molecule has 0 aromatic carbocycles. The van der Waals surface area contributed by atoms with Gasteiger partial charge >= 0.3 is 12.1 Å². The van der Waals surface area contributed by atoms with Crippen molar-refractivity contribution in [2.75, 3.05) is 5.32 Å². The topological polar surface area (TPSA) is 93.5 Å². The molecule has 7 heteroatoms. The molecule has 0 saturated heterocycles. The zero-order valence-electron chi connectivity index (χ0n) is 10.6. The summed E-state index contributed by atoms with van der Waals surface area (Å²) in [5.74, 6) is -0.896. The van der Waals surface area contributed by atoms with Crippen molar-refractivity contribution in [3.05, 3.63) is 12.4 Å². The number of amides is 1. The Labute approximate surface area is 105 Å². The van der Waals surface area contributed by atoms with Crippen LogP contribution < -0.4 is 5.32 Å². The van der Waals surface area contributed by atoms with E-state index >= 15 is 0 Å². The summed E-state index contributed by atoms with van der Waals surface area (Å²) in [5.41, 5.74) is -0.0988. The highest BCUT2D eigenvalue weighted by atomic mass is 16.6. The summed E-state index contributed by atoms with van der Waals surface area (Å²) in [6, 6.07) is 0. The highest BCUT2D eigenvalue weighted by molar-refractivity contribution is 5.84. The molecule has 1 aromatic heterocycles. The molecule has 18 heavy (non-hydrogen) atoms. The molecule has 1 rings (SSSR count). The van der Waals surface area contributed by atoms with Crippen molar-refractivity contribution in [2.24, 2.45) is 0 Å². The second kappa shape index (κ2) is 5.52. The first-order valence-corrected chi connectivity index (χ1v) is 5.50. The molecule has 0 unspecified atom stereocenters. The zero-order chi connectivity index (χ0) is 13.8. The van der Waals surface area contributed by atoms with Crippen LogP contribution in [0, 0.1) is 0 Å². The molecule has 0 bridgehead atoms. The van der Waals surface area contributed by atoms with Crippen LogP contribution >= 0.6 is 0 Å². The number of carboxylic acids is 1. The maximum atomic E-state index is 11.4. The number of ether oxygens (including phenoxy) is 1. The maximum absolute atomic E-state index is 11.4. The number of rotatable bonds is 4. The van der Waals surface area contributed by atoms with Crippen molar-refractivity contribution in [3.63, 3.8) is 0 Å². The minimum absolute atomic E-state index is 0.0203. The molecule has 0 saturated carbocycles. The number of anilines is 1. The summed E-state index contributed by atoms with van der Waals surface area (Å²) < 4.78 is 6.51. The van der Waals surface area contributed by atoms with Gasteiger partial charge in [-0.05, 0) is 20.8 Å². The molecule has 0 radical (unpaired) electrons. The summed E-state index contributed by atoms with van der Waals surface area (Å²) >= 11 is 0. The van der Waals surface area contributed by atoms with Crippen LogP contribution in [0.15, 0.2) is 12.4 Å². The summed E-state index contributed by atoms with van der Waals surface area (Å²) in [5, 5.41) is 15.0. The summed E-state index contributed by atoms with van der Waals surface area (Å²) in [6.07, 6.45) is 2.40. The molecule has 0 fully saturated rings. The van der Waals surface area contributed by atoms with Crippen molar-refractivity contribution in [1.82, 2.24) is 9.78 Å². The van der Waals surface area contributed by atoms with Crippen LogP contribution in [0.3, 0.4) is 0 Å².